The molecule has 1 amide bonds. The van der Waals surface area contributed by atoms with E-state index in [-0.39, 0.29) is 23.5 Å². The first-order valence-corrected chi connectivity index (χ1v) is 12.0. The van der Waals surface area contributed by atoms with Crippen LogP contribution >= 0.6 is 11.8 Å². The lowest BCUT2D eigenvalue weighted by Crippen LogP contribution is -2.33. The van der Waals surface area contributed by atoms with Gasteiger partial charge in [-0.15, -0.1) is 10.2 Å². The Kier molecular flexibility index (Phi) is 7.55. The summed E-state index contributed by atoms with van der Waals surface area (Å²) in [5.41, 5.74) is 1.85. The average molecular weight is 454 g/mol. The van der Waals surface area contributed by atoms with Gasteiger partial charge in [-0.25, -0.2) is 4.39 Å². The highest BCUT2D eigenvalue weighted by Gasteiger charge is 2.25. The van der Waals surface area contributed by atoms with E-state index >= 15 is 0 Å². The molecule has 1 fully saturated rings. The largest absolute Gasteiger partial charge is 0.351 e. The molecule has 2 heterocycles. The number of nitrogens with zero attached hydrogens (tertiary/aromatic N) is 4. The van der Waals surface area contributed by atoms with E-state index in [2.05, 4.69) is 27.3 Å². The summed E-state index contributed by atoms with van der Waals surface area (Å²) in [4.78, 5) is 14.8. The fraction of sp³-hybridized carbons (Fsp3) is 0.375. The van der Waals surface area contributed by atoms with Gasteiger partial charge in [-0.3, -0.25) is 14.3 Å². The summed E-state index contributed by atoms with van der Waals surface area (Å²) in [6.45, 7) is 4.68. The van der Waals surface area contributed by atoms with Gasteiger partial charge in [0.2, 0.25) is 5.91 Å². The fourth-order valence-electron chi connectivity index (χ4n) is 3.92. The van der Waals surface area contributed by atoms with E-state index in [4.69, 9.17) is 0 Å². The summed E-state index contributed by atoms with van der Waals surface area (Å²) in [6, 6.07) is 16.2. The molecule has 168 valence electrons. The molecule has 6 nitrogen and oxygen atoms in total. The second-order valence-electron chi connectivity index (χ2n) is 7.98. The Balaban J connectivity index is 1.50. The normalized spacial score (nSPS) is 15.4. The zero-order valence-electron chi connectivity index (χ0n) is 18.2. The van der Waals surface area contributed by atoms with Crippen LogP contribution in [0, 0.1) is 5.82 Å². The van der Waals surface area contributed by atoms with Crippen molar-refractivity contribution in [2.45, 2.75) is 43.9 Å². The maximum atomic E-state index is 13.6. The lowest BCUT2D eigenvalue weighted by molar-refractivity contribution is -0.118. The molecule has 32 heavy (non-hydrogen) atoms. The molecule has 0 spiro atoms. The number of rotatable bonds is 8. The number of carbonyl (C=O) groups excluding carboxylic acids is 1. The predicted octanol–water partition coefficient (Wildman–Crippen LogP) is 4.36. The van der Waals surface area contributed by atoms with E-state index < -0.39 is 0 Å². The number of nitrogens with one attached hydrogen (secondary N) is 1. The van der Waals surface area contributed by atoms with Gasteiger partial charge in [0.05, 0.1) is 11.8 Å². The monoisotopic (exact) mass is 453 g/mol. The van der Waals surface area contributed by atoms with Crippen molar-refractivity contribution in [3.8, 4) is 5.69 Å². The zero-order chi connectivity index (χ0) is 22.3. The Bertz CT molecular complexity index is 1020. The molecule has 1 aliphatic rings. The number of benzene rings is 2. The predicted molar refractivity (Wildman–Crippen MR) is 124 cm³/mol. The van der Waals surface area contributed by atoms with Crippen molar-refractivity contribution in [3.63, 3.8) is 0 Å². The van der Waals surface area contributed by atoms with Crippen LogP contribution in [0.3, 0.4) is 0 Å². The number of hydrogen-bond donors (Lipinski definition) is 1. The van der Waals surface area contributed by atoms with Crippen LogP contribution in [0.4, 0.5) is 4.39 Å². The van der Waals surface area contributed by atoms with Crippen LogP contribution < -0.4 is 5.32 Å². The first kappa shape index (κ1) is 22.5. The Morgan fingerprint density at radius 3 is 2.50 bits per heavy atom. The summed E-state index contributed by atoms with van der Waals surface area (Å²) >= 11 is 1.34. The van der Waals surface area contributed by atoms with Crippen molar-refractivity contribution in [3.05, 3.63) is 71.8 Å². The van der Waals surface area contributed by atoms with Gasteiger partial charge < -0.3 is 5.32 Å². The van der Waals surface area contributed by atoms with Crippen molar-refractivity contribution < 1.29 is 9.18 Å². The quantitative estimate of drug-likeness (QED) is 0.514. The van der Waals surface area contributed by atoms with Gasteiger partial charge in [0, 0.05) is 12.2 Å². The Hall–Kier alpha value is -2.71. The standard InChI is InChI=1S/C24H28FN5OS/c1-18(29-14-6-3-7-15-29)23-27-28-24(30(23)21-12-10-20(25)11-13-21)32-17-22(31)26-16-19-8-4-2-5-9-19/h2,4-5,8-13,18H,3,6-7,14-17H2,1H3,(H,26,31)/t18-/m1/s1. The van der Waals surface area contributed by atoms with Crippen LogP contribution in [0.1, 0.15) is 43.6 Å². The van der Waals surface area contributed by atoms with E-state index in [0.29, 0.717) is 11.7 Å². The number of carbonyl (C=O) groups is 1. The molecule has 8 heteroatoms. The van der Waals surface area contributed by atoms with Gasteiger partial charge in [0.15, 0.2) is 11.0 Å². The summed E-state index contributed by atoms with van der Waals surface area (Å²) in [5, 5.41) is 12.5. The van der Waals surface area contributed by atoms with Crippen LogP contribution in [-0.2, 0) is 11.3 Å². The molecule has 4 rings (SSSR count). The summed E-state index contributed by atoms with van der Waals surface area (Å²) in [5.74, 6) is 0.676. The number of piperidine rings is 1. The molecular formula is C24H28FN5OS. The van der Waals surface area contributed by atoms with E-state index in [1.54, 1.807) is 12.1 Å². The molecule has 0 unspecified atom stereocenters. The molecule has 1 aliphatic heterocycles. The van der Waals surface area contributed by atoms with Crippen molar-refractivity contribution in [2.24, 2.45) is 0 Å². The second-order valence-corrected chi connectivity index (χ2v) is 8.92. The minimum Gasteiger partial charge on any atom is -0.351 e. The highest BCUT2D eigenvalue weighted by Crippen LogP contribution is 2.29. The number of likely N-dealkylation sites (tertiary alicyclic amines) is 1. The van der Waals surface area contributed by atoms with Gasteiger partial charge in [0.25, 0.3) is 0 Å². The van der Waals surface area contributed by atoms with Gasteiger partial charge in [-0.2, -0.15) is 0 Å². The first-order chi connectivity index (χ1) is 15.6. The highest BCUT2D eigenvalue weighted by molar-refractivity contribution is 7.99. The van der Waals surface area contributed by atoms with Crippen molar-refractivity contribution in [1.82, 2.24) is 25.0 Å². The molecule has 0 bridgehead atoms. The fourth-order valence-corrected chi connectivity index (χ4v) is 4.71. The molecule has 1 aromatic heterocycles. The lowest BCUT2D eigenvalue weighted by Gasteiger charge is -2.31. The molecule has 3 aromatic rings. The third kappa shape index (κ3) is 5.55. The number of thioether (sulfide) groups is 1. The Morgan fingerprint density at radius 2 is 1.78 bits per heavy atom. The van der Waals surface area contributed by atoms with Crippen LogP contribution in [0.2, 0.25) is 0 Å². The molecule has 2 aromatic carbocycles. The number of aromatic nitrogens is 3. The molecule has 1 atom stereocenters. The van der Waals surface area contributed by atoms with Gasteiger partial charge in [0.1, 0.15) is 5.82 Å². The van der Waals surface area contributed by atoms with Crippen molar-refractivity contribution in [2.75, 3.05) is 18.8 Å². The number of hydrogen-bond acceptors (Lipinski definition) is 5. The van der Waals surface area contributed by atoms with E-state index in [1.165, 1.54) is 43.2 Å². The third-order valence-electron chi connectivity index (χ3n) is 5.72. The second kappa shape index (κ2) is 10.7. The minimum absolute atomic E-state index is 0.0712. The first-order valence-electron chi connectivity index (χ1n) is 11.0. The van der Waals surface area contributed by atoms with E-state index in [1.807, 2.05) is 34.9 Å². The van der Waals surface area contributed by atoms with Gasteiger partial charge in [-0.05, 0) is 62.7 Å². The van der Waals surface area contributed by atoms with E-state index in [9.17, 15) is 9.18 Å². The minimum atomic E-state index is -0.290. The zero-order valence-corrected chi connectivity index (χ0v) is 19.0. The average Bonchev–Trinajstić information content (AvgIpc) is 3.26. The van der Waals surface area contributed by atoms with Gasteiger partial charge in [-0.1, -0.05) is 48.5 Å². The Morgan fingerprint density at radius 1 is 1.06 bits per heavy atom. The molecule has 1 N–H and O–H groups in total. The van der Waals surface area contributed by atoms with Crippen LogP contribution in [-0.4, -0.2) is 44.4 Å². The SMILES string of the molecule is C[C@H](c1nnc(SCC(=O)NCc2ccccc2)n1-c1ccc(F)cc1)N1CCCCC1. The number of amides is 1. The van der Waals surface area contributed by atoms with Crippen LogP contribution in [0.15, 0.2) is 59.8 Å². The summed E-state index contributed by atoms with van der Waals surface area (Å²) in [6.07, 6.45) is 3.61. The molecular weight excluding hydrogens is 425 g/mol. The molecule has 1 saturated heterocycles. The highest BCUT2D eigenvalue weighted by atomic mass is 32.2. The van der Waals surface area contributed by atoms with Crippen LogP contribution in [0.5, 0.6) is 0 Å². The van der Waals surface area contributed by atoms with Crippen molar-refractivity contribution in [1.29, 1.82) is 0 Å². The topological polar surface area (TPSA) is 63.1 Å². The van der Waals surface area contributed by atoms with Crippen LogP contribution in [0.25, 0.3) is 5.69 Å². The van der Waals surface area contributed by atoms with E-state index in [0.717, 1.165) is 30.2 Å². The lowest BCUT2D eigenvalue weighted by atomic mass is 10.1. The molecule has 0 radical (unpaired) electrons. The van der Waals surface area contributed by atoms with Crippen molar-refractivity contribution >= 4 is 17.7 Å². The maximum Gasteiger partial charge on any atom is 0.230 e. The smallest absolute Gasteiger partial charge is 0.230 e. The maximum absolute atomic E-state index is 13.6. The van der Waals surface area contributed by atoms with Gasteiger partial charge >= 0.3 is 0 Å². The molecule has 0 aliphatic carbocycles. The number of halogens is 1. The summed E-state index contributed by atoms with van der Waals surface area (Å²) < 4.78 is 15.5. The molecule has 0 saturated carbocycles. The third-order valence-corrected chi connectivity index (χ3v) is 6.65. The summed E-state index contributed by atoms with van der Waals surface area (Å²) in [7, 11) is 0. The Labute approximate surface area is 192 Å².